The average Bonchev–Trinajstić information content (AvgIpc) is 3.32. The molecule has 27 heavy (non-hydrogen) atoms. The molecule has 4 nitrogen and oxygen atoms in total. The minimum absolute atomic E-state index is 0.380. The lowest BCUT2D eigenvalue weighted by Crippen LogP contribution is -2.17. The summed E-state index contributed by atoms with van der Waals surface area (Å²) in [7, 11) is 0. The Hall–Kier alpha value is -3.01. The van der Waals surface area contributed by atoms with Gasteiger partial charge in [-0.05, 0) is 49.1 Å². The number of hydrogen-bond acceptors (Lipinski definition) is 2. The largest absolute Gasteiger partial charge is 0.372 e. The number of benzene rings is 2. The summed E-state index contributed by atoms with van der Waals surface area (Å²) in [4.78, 5) is 14.3. The van der Waals surface area contributed by atoms with Crippen LogP contribution in [-0.4, -0.2) is 23.6 Å². The molecule has 0 radical (unpaired) electrons. The van der Waals surface area contributed by atoms with Crippen LogP contribution in [0.15, 0.2) is 60.7 Å². The number of carbonyl (C=O) groups is 1. The van der Waals surface area contributed by atoms with E-state index in [0.717, 1.165) is 30.0 Å². The minimum atomic E-state index is -0.380. The molecule has 1 fully saturated rings. The Bertz CT molecular complexity index is 936. The summed E-state index contributed by atoms with van der Waals surface area (Å²) in [5.41, 5.74) is 11.7. The van der Waals surface area contributed by atoms with E-state index in [4.69, 9.17) is 5.73 Å². The summed E-state index contributed by atoms with van der Waals surface area (Å²) in [6.07, 6.45) is 2.53. The summed E-state index contributed by atoms with van der Waals surface area (Å²) < 4.78 is 2.18. The molecule has 4 rings (SSSR count). The van der Waals surface area contributed by atoms with Crippen molar-refractivity contribution in [2.24, 2.45) is 5.73 Å². The number of amides is 1. The zero-order valence-electron chi connectivity index (χ0n) is 15.7. The lowest BCUT2D eigenvalue weighted by Gasteiger charge is -2.18. The van der Waals surface area contributed by atoms with Gasteiger partial charge in [0, 0.05) is 36.7 Å². The van der Waals surface area contributed by atoms with Crippen molar-refractivity contribution in [1.82, 2.24) is 4.57 Å². The van der Waals surface area contributed by atoms with E-state index >= 15 is 0 Å². The van der Waals surface area contributed by atoms with Crippen LogP contribution in [0, 0.1) is 6.92 Å². The highest BCUT2D eigenvalue weighted by atomic mass is 16.1. The summed E-state index contributed by atoms with van der Waals surface area (Å²) in [6, 6.07) is 20.9. The number of nitrogens with two attached hydrogens (primary N) is 1. The van der Waals surface area contributed by atoms with Crippen molar-refractivity contribution < 1.29 is 4.79 Å². The fourth-order valence-corrected chi connectivity index (χ4v) is 3.92. The van der Waals surface area contributed by atoms with Crippen LogP contribution in [0.4, 0.5) is 5.69 Å². The molecule has 0 atom stereocenters. The topological polar surface area (TPSA) is 51.3 Å². The lowest BCUT2D eigenvalue weighted by atomic mass is 10.1. The van der Waals surface area contributed by atoms with Crippen molar-refractivity contribution in [3.05, 3.63) is 77.5 Å². The molecular weight excluding hydrogens is 334 g/mol. The third-order valence-electron chi connectivity index (χ3n) is 5.45. The highest BCUT2D eigenvalue weighted by molar-refractivity contribution is 5.95. The van der Waals surface area contributed by atoms with E-state index in [2.05, 4.69) is 45.9 Å². The predicted molar refractivity (Wildman–Crippen MR) is 110 cm³/mol. The highest BCUT2D eigenvalue weighted by Gasteiger charge is 2.18. The van der Waals surface area contributed by atoms with Crippen molar-refractivity contribution >= 4 is 11.6 Å². The van der Waals surface area contributed by atoms with Gasteiger partial charge >= 0.3 is 0 Å². The number of carbonyl (C=O) groups excluding carboxylic acids is 1. The van der Waals surface area contributed by atoms with Crippen LogP contribution >= 0.6 is 0 Å². The summed E-state index contributed by atoms with van der Waals surface area (Å²) >= 11 is 0. The number of hydrogen-bond donors (Lipinski definition) is 1. The van der Waals surface area contributed by atoms with Gasteiger partial charge < -0.3 is 15.2 Å². The zero-order valence-corrected chi connectivity index (χ0v) is 15.7. The molecule has 0 aliphatic carbocycles. The molecule has 2 N–H and O–H groups in total. The van der Waals surface area contributed by atoms with Gasteiger partial charge in [0.15, 0.2) is 0 Å². The SMILES string of the molecule is Cc1c(C(N)=O)cc(-c2ccc(N3CCCC3)cc2)n1Cc1ccccc1. The first-order valence-electron chi connectivity index (χ1n) is 9.53. The van der Waals surface area contributed by atoms with Crippen molar-refractivity contribution in [2.75, 3.05) is 18.0 Å². The Morgan fingerprint density at radius 2 is 1.67 bits per heavy atom. The van der Waals surface area contributed by atoms with E-state index in [0.29, 0.717) is 12.1 Å². The zero-order chi connectivity index (χ0) is 18.8. The number of rotatable bonds is 5. The number of aromatic nitrogens is 1. The molecule has 1 aliphatic rings. The third-order valence-corrected chi connectivity index (χ3v) is 5.45. The third kappa shape index (κ3) is 3.47. The fraction of sp³-hybridized carbons (Fsp3) is 0.261. The maximum Gasteiger partial charge on any atom is 0.250 e. The minimum Gasteiger partial charge on any atom is -0.372 e. The Kier molecular flexibility index (Phi) is 4.71. The molecule has 0 unspecified atom stereocenters. The first-order chi connectivity index (χ1) is 13.1. The molecule has 4 heteroatoms. The number of nitrogens with zero attached hydrogens (tertiary/aromatic N) is 2. The van der Waals surface area contributed by atoms with E-state index in [-0.39, 0.29) is 5.91 Å². The van der Waals surface area contributed by atoms with Gasteiger partial charge in [0.25, 0.3) is 5.91 Å². The van der Waals surface area contributed by atoms with E-state index in [1.54, 1.807) is 0 Å². The van der Waals surface area contributed by atoms with Crippen LogP contribution < -0.4 is 10.6 Å². The van der Waals surface area contributed by atoms with Crippen LogP contribution in [0.5, 0.6) is 0 Å². The number of anilines is 1. The van der Waals surface area contributed by atoms with Crippen LogP contribution in [-0.2, 0) is 6.54 Å². The second kappa shape index (κ2) is 7.31. The van der Waals surface area contributed by atoms with Gasteiger partial charge in [-0.1, -0.05) is 42.5 Å². The van der Waals surface area contributed by atoms with Crippen molar-refractivity contribution in [1.29, 1.82) is 0 Å². The van der Waals surface area contributed by atoms with Gasteiger partial charge in [0.1, 0.15) is 0 Å². The van der Waals surface area contributed by atoms with Gasteiger partial charge in [-0.3, -0.25) is 4.79 Å². The van der Waals surface area contributed by atoms with Crippen molar-refractivity contribution in [2.45, 2.75) is 26.3 Å². The predicted octanol–water partition coefficient (Wildman–Crippen LogP) is 4.21. The standard InChI is InChI=1S/C23H25N3O/c1-17-21(23(24)27)15-22(26(17)16-18-7-3-2-4-8-18)19-9-11-20(12-10-19)25-13-5-6-14-25/h2-4,7-12,15H,5-6,13-14,16H2,1H3,(H2,24,27). The first-order valence-corrected chi connectivity index (χ1v) is 9.53. The normalized spacial score (nSPS) is 13.9. The summed E-state index contributed by atoms with van der Waals surface area (Å²) in [6.45, 7) is 4.94. The molecule has 138 valence electrons. The van der Waals surface area contributed by atoms with E-state index in [1.165, 1.54) is 24.1 Å². The van der Waals surface area contributed by atoms with Gasteiger partial charge in [0.2, 0.25) is 0 Å². The molecule has 2 aromatic carbocycles. The molecule has 1 aromatic heterocycles. The van der Waals surface area contributed by atoms with E-state index < -0.39 is 0 Å². The smallest absolute Gasteiger partial charge is 0.250 e. The van der Waals surface area contributed by atoms with Gasteiger partial charge in [-0.25, -0.2) is 0 Å². The highest BCUT2D eigenvalue weighted by Crippen LogP contribution is 2.29. The molecule has 3 aromatic rings. The molecule has 1 saturated heterocycles. The number of primary amides is 1. The maximum absolute atomic E-state index is 11.9. The average molecular weight is 359 g/mol. The maximum atomic E-state index is 11.9. The summed E-state index contributed by atoms with van der Waals surface area (Å²) in [5.74, 6) is -0.380. The lowest BCUT2D eigenvalue weighted by molar-refractivity contribution is 0.0999. The van der Waals surface area contributed by atoms with Gasteiger partial charge in [0.05, 0.1) is 5.56 Å². The van der Waals surface area contributed by atoms with Crippen molar-refractivity contribution in [3.63, 3.8) is 0 Å². The second-order valence-electron chi connectivity index (χ2n) is 7.21. The summed E-state index contributed by atoms with van der Waals surface area (Å²) in [5, 5.41) is 0. The molecule has 0 saturated carbocycles. The van der Waals surface area contributed by atoms with Gasteiger partial charge in [-0.2, -0.15) is 0 Å². The Labute approximate surface area is 160 Å². The molecule has 2 heterocycles. The molecular formula is C23H25N3O. The van der Waals surface area contributed by atoms with Gasteiger partial charge in [-0.15, -0.1) is 0 Å². The van der Waals surface area contributed by atoms with Crippen LogP contribution in [0.2, 0.25) is 0 Å². The van der Waals surface area contributed by atoms with E-state index in [9.17, 15) is 4.79 Å². The molecule has 0 spiro atoms. The molecule has 1 amide bonds. The van der Waals surface area contributed by atoms with Crippen LogP contribution in [0.25, 0.3) is 11.3 Å². The fourth-order valence-electron chi connectivity index (χ4n) is 3.92. The second-order valence-corrected chi connectivity index (χ2v) is 7.21. The Morgan fingerprint density at radius 3 is 2.30 bits per heavy atom. The van der Waals surface area contributed by atoms with E-state index in [1.807, 2.05) is 31.2 Å². The molecule has 0 bridgehead atoms. The molecule has 1 aliphatic heterocycles. The Morgan fingerprint density at radius 1 is 1.00 bits per heavy atom. The first kappa shape index (κ1) is 17.4. The van der Waals surface area contributed by atoms with Crippen LogP contribution in [0.1, 0.15) is 34.5 Å². The van der Waals surface area contributed by atoms with Crippen LogP contribution in [0.3, 0.4) is 0 Å². The quantitative estimate of drug-likeness (QED) is 0.742. The monoisotopic (exact) mass is 359 g/mol. The Balaban J connectivity index is 1.72. The van der Waals surface area contributed by atoms with Crippen molar-refractivity contribution in [3.8, 4) is 11.3 Å².